The Balaban J connectivity index is 2.01. The van der Waals surface area contributed by atoms with Gasteiger partial charge in [-0.25, -0.2) is 0 Å². The molecular formula is C15H10N4O. The van der Waals surface area contributed by atoms with Crippen molar-refractivity contribution < 1.29 is 4.42 Å². The number of aromatic nitrogens is 3. The second kappa shape index (κ2) is 4.94. The fraction of sp³-hybridized carbons (Fsp3) is 0.0667. The summed E-state index contributed by atoms with van der Waals surface area (Å²) in [6.07, 6.45) is 3.34. The van der Waals surface area contributed by atoms with Crippen LogP contribution in [0, 0.1) is 18.3 Å². The Labute approximate surface area is 115 Å². The first kappa shape index (κ1) is 12.1. The van der Waals surface area contributed by atoms with Gasteiger partial charge in [-0.15, -0.1) is 10.2 Å². The van der Waals surface area contributed by atoms with Crippen LogP contribution in [0.15, 0.2) is 47.1 Å². The Bertz CT molecular complexity index is 787. The molecule has 3 aromatic rings. The summed E-state index contributed by atoms with van der Waals surface area (Å²) in [6.45, 7) is 1.89. The molecule has 96 valence electrons. The average molecular weight is 262 g/mol. The van der Waals surface area contributed by atoms with Gasteiger partial charge in [0.1, 0.15) is 0 Å². The fourth-order valence-electron chi connectivity index (χ4n) is 1.82. The molecule has 0 unspecified atom stereocenters. The molecule has 0 aliphatic rings. The fourth-order valence-corrected chi connectivity index (χ4v) is 1.82. The zero-order valence-corrected chi connectivity index (χ0v) is 10.7. The molecule has 2 heterocycles. The van der Waals surface area contributed by atoms with Crippen LogP contribution in [0.4, 0.5) is 0 Å². The number of pyridine rings is 1. The zero-order valence-electron chi connectivity index (χ0n) is 10.7. The Morgan fingerprint density at radius 1 is 1.10 bits per heavy atom. The van der Waals surface area contributed by atoms with Crippen LogP contribution in [0.1, 0.15) is 11.1 Å². The summed E-state index contributed by atoms with van der Waals surface area (Å²) in [5.74, 6) is 0.799. The molecule has 1 aromatic carbocycles. The highest BCUT2D eigenvalue weighted by Crippen LogP contribution is 2.24. The number of nitriles is 1. The molecule has 5 nitrogen and oxygen atoms in total. The maximum Gasteiger partial charge on any atom is 0.249 e. The van der Waals surface area contributed by atoms with E-state index in [0.29, 0.717) is 17.3 Å². The molecular weight excluding hydrogens is 252 g/mol. The molecule has 0 saturated carbocycles. The molecule has 0 fully saturated rings. The summed E-state index contributed by atoms with van der Waals surface area (Å²) < 4.78 is 5.62. The van der Waals surface area contributed by atoms with Crippen LogP contribution >= 0.6 is 0 Å². The van der Waals surface area contributed by atoms with Crippen molar-refractivity contribution in [1.29, 1.82) is 5.26 Å². The first-order valence-electron chi connectivity index (χ1n) is 6.03. The van der Waals surface area contributed by atoms with Gasteiger partial charge in [-0.1, -0.05) is 6.07 Å². The summed E-state index contributed by atoms with van der Waals surface area (Å²) in [6, 6.07) is 11.3. The van der Waals surface area contributed by atoms with Crippen LogP contribution in [0.25, 0.3) is 22.9 Å². The SMILES string of the molecule is Cc1ccc(-c2nnc(-c3cccnc3)o2)cc1C#N. The normalized spacial score (nSPS) is 10.2. The smallest absolute Gasteiger partial charge is 0.249 e. The van der Waals surface area contributed by atoms with Crippen LogP contribution in [0.5, 0.6) is 0 Å². The number of aryl methyl sites for hydroxylation is 1. The van der Waals surface area contributed by atoms with E-state index < -0.39 is 0 Å². The number of nitrogens with zero attached hydrogens (tertiary/aromatic N) is 4. The highest BCUT2D eigenvalue weighted by molar-refractivity contribution is 5.60. The van der Waals surface area contributed by atoms with Crippen molar-refractivity contribution in [1.82, 2.24) is 15.2 Å². The molecule has 0 amide bonds. The van der Waals surface area contributed by atoms with Crippen LogP contribution in [-0.2, 0) is 0 Å². The van der Waals surface area contributed by atoms with Crippen LogP contribution in [0.3, 0.4) is 0 Å². The third-order valence-corrected chi connectivity index (χ3v) is 2.94. The number of rotatable bonds is 2. The minimum absolute atomic E-state index is 0.389. The second-order valence-electron chi connectivity index (χ2n) is 4.30. The topological polar surface area (TPSA) is 75.6 Å². The standard InChI is InChI=1S/C15H10N4O/c1-10-4-5-11(7-13(10)8-16)14-18-19-15(20-14)12-3-2-6-17-9-12/h2-7,9H,1H3. The number of benzene rings is 1. The van der Waals surface area contributed by atoms with Crippen molar-refractivity contribution in [2.24, 2.45) is 0 Å². The quantitative estimate of drug-likeness (QED) is 0.709. The van der Waals surface area contributed by atoms with Gasteiger partial charge in [0.25, 0.3) is 0 Å². The maximum absolute atomic E-state index is 9.05. The van der Waals surface area contributed by atoms with E-state index in [1.165, 1.54) is 0 Å². The van der Waals surface area contributed by atoms with Crippen LogP contribution < -0.4 is 0 Å². The molecule has 0 saturated heterocycles. The minimum Gasteiger partial charge on any atom is -0.416 e. The maximum atomic E-state index is 9.05. The molecule has 5 heteroatoms. The molecule has 0 bridgehead atoms. The van der Waals surface area contributed by atoms with E-state index in [1.807, 2.05) is 25.1 Å². The molecule has 0 radical (unpaired) electrons. The highest BCUT2D eigenvalue weighted by atomic mass is 16.4. The predicted octanol–water partition coefficient (Wildman–Crippen LogP) is 2.98. The van der Waals surface area contributed by atoms with Gasteiger partial charge in [-0.2, -0.15) is 5.26 Å². The van der Waals surface area contributed by atoms with Crippen molar-refractivity contribution in [3.05, 3.63) is 53.9 Å². The van der Waals surface area contributed by atoms with Crippen molar-refractivity contribution in [2.45, 2.75) is 6.92 Å². The lowest BCUT2D eigenvalue weighted by molar-refractivity contribution is 0.584. The van der Waals surface area contributed by atoms with Gasteiger partial charge in [0.15, 0.2) is 0 Å². The third-order valence-electron chi connectivity index (χ3n) is 2.94. The van der Waals surface area contributed by atoms with Crippen LogP contribution in [-0.4, -0.2) is 15.2 Å². The molecule has 0 atom stereocenters. The number of hydrogen-bond acceptors (Lipinski definition) is 5. The predicted molar refractivity (Wildman–Crippen MR) is 72.4 cm³/mol. The molecule has 20 heavy (non-hydrogen) atoms. The lowest BCUT2D eigenvalue weighted by Gasteiger charge is -1.99. The largest absolute Gasteiger partial charge is 0.416 e. The van der Waals surface area contributed by atoms with E-state index in [9.17, 15) is 0 Å². The lowest BCUT2D eigenvalue weighted by atomic mass is 10.1. The Kier molecular flexibility index (Phi) is 2.98. The number of hydrogen-bond donors (Lipinski definition) is 0. The van der Waals surface area contributed by atoms with Gasteiger partial charge in [-0.3, -0.25) is 4.98 Å². The van der Waals surface area contributed by atoms with E-state index in [0.717, 1.165) is 16.7 Å². The molecule has 0 aliphatic carbocycles. The molecule has 0 spiro atoms. The van der Waals surface area contributed by atoms with Gasteiger partial charge >= 0.3 is 0 Å². The van der Waals surface area contributed by atoms with E-state index in [4.69, 9.17) is 9.68 Å². The Hall–Kier alpha value is -3.00. The van der Waals surface area contributed by atoms with Crippen molar-refractivity contribution in [3.8, 4) is 29.0 Å². The van der Waals surface area contributed by atoms with Crippen molar-refractivity contribution in [3.63, 3.8) is 0 Å². The van der Waals surface area contributed by atoms with Gasteiger partial charge in [-0.05, 0) is 36.8 Å². The van der Waals surface area contributed by atoms with Gasteiger partial charge in [0.05, 0.1) is 17.2 Å². The zero-order chi connectivity index (χ0) is 13.9. The summed E-state index contributed by atoms with van der Waals surface area (Å²) in [5.41, 5.74) is 3.01. The monoisotopic (exact) mass is 262 g/mol. The highest BCUT2D eigenvalue weighted by Gasteiger charge is 2.11. The Morgan fingerprint density at radius 2 is 1.90 bits per heavy atom. The Morgan fingerprint density at radius 3 is 2.60 bits per heavy atom. The van der Waals surface area contributed by atoms with Gasteiger partial charge in [0.2, 0.25) is 11.8 Å². The van der Waals surface area contributed by atoms with Gasteiger partial charge in [0, 0.05) is 18.0 Å². The van der Waals surface area contributed by atoms with E-state index in [-0.39, 0.29) is 0 Å². The lowest BCUT2D eigenvalue weighted by Crippen LogP contribution is -1.84. The first-order chi connectivity index (χ1) is 9.78. The van der Waals surface area contributed by atoms with Crippen molar-refractivity contribution in [2.75, 3.05) is 0 Å². The summed E-state index contributed by atoms with van der Waals surface area (Å²) in [5, 5.41) is 17.1. The van der Waals surface area contributed by atoms with Crippen LogP contribution in [0.2, 0.25) is 0 Å². The summed E-state index contributed by atoms with van der Waals surface area (Å²) in [7, 11) is 0. The summed E-state index contributed by atoms with van der Waals surface area (Å²) in [4.78, 5) is 4.01. The molecule has 0 N–H and O–H groups in total. The van der Waals surface area contributed by atoms with Gasteiger partial charge < -0.3 is 4.42 Å². The first-order valence-corrected chi connectivity index (χ1v) is 6.03. The molecule has 0 aliphatic heterocycles. The van der Waals surface area contributed by atoms with E-state index >= 15 is 0 Å². The summed E-state index contributed by atoms with van der Waals surface area (Å²) >= 11 is 0. The van der Waals surface area contributed by atoms with Crippen molar-refractivity contribution >= 4 is 0 Å². The molecule has 3 rings (SSSR count). The minimum atomic E-state index is 0.389. The third kappa shape index (κ3) is 2.15. The molecule has 2 aromatic heterocycles. The second-order valence-corrected chi connectivity index (χ2v) is 4.30. The van der Waals surface area contributed by atoms with E-state index in [2.05, 4.69) is 21.3 Å². The average Bonchev–Trinajstić information content (AvgIpc) is 2.98. The van der Waals surface area contributed by atoms with E-state index in [1.54, 1.807) is 24.5 Å².